The highest BCUT2D eigenvalue weighted by Crippen LogP contribution is 2.02. The second-order valence-corrected chi connectivity index (χ2v) is 3.56. The molecule has 6 nitrogen and oxygen atoms in total. The van der Waals surface area contributed by atoms with Gasteiger partial charge in [0.1, 0.15) is 6.04 Å². The molecule has 0 bridgehead atoms. The van der Waals surface area contributed by atoms with Crippen LogP contribution in [0.25, 0.3) is 0 Å². The highest BCUT2D eigenvalue weighted by Gasteiger charge is 2.21. The Hall–Kier alpha value is -1.14. The average Bonchev–Trinajstić information content (AvgIpc) is 2.63. The number of carboxylic acids is 1. The Kier molecular flexibility index (Phi) is 4.51. The monoisotopic (exact) mass is 216 g/mol. The van der Waals surface area contributed by atoms with Gasteiger partial charge in [0.2, 0.25) is 5.91 Å². The van der Waals surface area contributed by atoms with E-state index in [4.69, 9.17) is 9.84 Å². The number of aliphatic carboxylic acids is 1. The van der Waals surface area contributed by atoms with E-state index in [2.05, 4.69) is 10.6 Å². The summed E-state index contributed by atoms with van der Waals surface area (Å²) < 4.78 is 5.13. The maximum atomic E-state index is 10.8. The molecule has 1 heterocycles. The molecule has 1 amide bonds. The van der Waals surface area contributed by atoms with Crippen molar-refractivity contribution < 1.29 is 19.4 Å². The Labute approximate surface area is 88.0 Å². The van der Waals surface area contributed by atoms with Gasteiger partial charge in [-0.1, -0.05) is 0 Å². The molecule has 3 N–H and O–H groups in total. The number of rotatable bonds is 5. The molecule has 1 fully saturated rings. The van der Waals surface area contributed by atoms with E-state index in [0.29, 0.717) is 13.2 Å². The number of carbonyl (C=O) groups excluding carboxylic acids is 1. The molecule has 1 saturated heterocycles. The van der Waals surface area contributed by atoms with Crippen LogP contribution in [0.15, 0.2) is 0 Å². The van der Waals surface area contributed by atoms with Crippen LogP contribution in [0.3, 0.4) is 0 Å². The van der Waals surface area contributed by atoms with E-state index >= 15 is 0 Å². The molecule has 2 unspecified atom stereocenters. The van der Waals surface area contributed by atoms with Crippen molar-refractivity contribution in [2.24, 2.45) is 0 Å². The van der Waals surface area contributed by atoms with Crippen LogP contribution in [-0.4, -0.2) is 48.8 Å². The molecule has 15 heavy (non-hydrogen) atoms. The van der Waals surface area contributed by atoms with Gasteiger partial charge in [0, 0.05) is 26.1 Å². The first-order valence-electron chi connectivity index (χ1n) is 4.90. The maximum Gasteiger partial charge on any atom is 0.327 e. The van der Waals surface area contributed by atoms with Crippen molar-refractivity contribution >= 4 is 11.9 Å². The van der Waals surface area contributed by atoms with Crippen LogP contribution < -0.4 is 10.6 Å². The van der Waals surface area contributed by atoms with E-state index in [1.807, 2.05) is 0 Å². The number of carbonyl (C=O) groups is 2. The Morgan fingerprint density at radius 2 is 2.33 bits per heavy atom. The summed E-state index contributed by atoms with van der Waals surface area (Å²) in [6.07, 6.45) is 0.881. The molecule has 0 aromatic rings. The van der Waals surface area contributed by atoms with Crippen LogP contribution in [0, 0.1) is 0 Å². The van der Waals surface area contributed by atoms with Gasteiger partial charge in [-0.2, -0.15) is 0 Å². The summed E-state index contributed by atoms with van der Waals surface area (Å²) in [4.78, 5) is 21.5. The average molecular weight is 216 g/mol. The predicted molar refractivity (Wildman–Crippen MR) is 52.5 cm³/mol. The minimum Gasteiger partial charge on any atom is -0.480 e. The summed E-state index contributed by atoms with van der Waals surface area (Å²) in [6, 6.07) is -0.677. The van der Waals surface area contributed by atoms with Gasteiger partial charge in [-0.3, -0.25) is 4.79 Å². The molecule has 1 rings (SSSR count). The van der Waals surface area contributed by atoms with Gasteiger partial charge in [-0.25, -0.2) is 4.79 Å². The molecule has 0 aromatic heterocycles. The highest BCUT2D eigenvalue weighted by molar-refractivity contribution is 5.82. The lowest BCUT2D eigenvalue weighted by molar-refractivity contribution is -0.141. The number of ether oxygens (including phenoxy) is 1. The number of amides is 1. The normalized spacial score (nSPS) is 22.3. The molecule has 6 heteroatoms. The molecule has 0 spiro atoms. The molecule has 1 aliphatic heterocycles. The Balaban J connectivity index is 2.30. The van der Waals surface area contributed by atoms with Crippen molar-refractivity contribution in [2.45, 2.75) is 25.4 Å². The van der Waals surface area contributed by atoms with E-state index in [1.165, 1.54) is 6.92 Å². The minimum atomic E-state index is -1.03. The largest absolute Gasteiger partial charge is 0.480 e. The lowest BCUT2D eigenvalue weighted by Crippen LogP contribution is -2.48. The van der Waals surface area contributed by atoms with E-state index in [0.717, 1.165) is 6.42 Å². The first kappa shape index (κ1) is 11.9. The van der Waals surface area contributed by atoms with Crippen LogP contribution in [0.5, 0.6) is 0 Å². The molecule has 2 atom stereocenters. The van der Waals surface area contributed by atoms with Gasteiger partial charge >= 0.3 is 5.97 Å². The maximum absolute atomic E-state index is 10.8. The van der Waals surface area contributed by atoms with Crippen molar-refractivity contribution in [1.29, 1.82) is 0 Å². The fourth-order valence-corrected chi connectivity index (χ4v) is 1.43. The second kappa shape index (κ2) is 5.67. The third-order valence-corrected chi connectivity index (χ3v) is 2.22. The van der Waals surface area contributed by atoms with Crippen LogP contribution >= 0.6 is 0 Å². The molecule has 1 aliphatic rings. The first-order chi connectivity index (χ1) is 7.09. The Morgan fingerprint density at radius 3 is 2.80 bits per heavy atom. The quantitative estimate of drug-likeness (QED) is 0.546. The van der Waals surface area contributed by atoms with E-state index < -0.39 is 12.0 Å². The predicted octanol–water partition coefficient (Wildman–Crippen LogP) is -1.05. The van der Waals surface area contributed by atoms with Crippen molar-refractivity contribution in [3.63, 3.8) is 0 Å². The van der Waals surface area contributed by atoms with Gasteiger partial charge in [0.15, 0.2) is 0 Å². The van der Waals surface area contributed by atoms with Gasteiger partial charge in [-0.15, -0.1) is 0 Å². The summed E-state index contributed by atoms with van der Waals surface area (Å²) in [5, 5.41) is 14.2. The van der Waals surface area contributed by atoms with E-state index in [9.17, 15) is 9.59 Å². The van der Waals surface area contributed by atoms with Gasteiger partial charge in [0.05, 0.1) is 6.61 Å². The standard InChI is InChI=1S/C9H16N2O4/c1-6(12)11-8(9(13)14)4-10-7-2-3-15-5-7/h7-8,10H,2-5H2,1H3,(H,11,12)(H,13,14). The van der Waals surface area contributed by atoms with Crippen LogP contribution in [0.1, 0.15) is 13.3 Å². The van der Waals surface area contributed by atoms with Crippen molar-refractivity contribution in [1.82, 2.24) is 10.6 Å². The van der Waals surface area contributed by atoms with Crippen LogP contribution in [-0.2, 0) is 14.3 Å². The topological polar surface area (TPSA) is 87.7 Å². The van der Waals surface area contributed by atoms with Crippen molar-refractivity contribution in [3.8, 4) is 0 Å². The number of nitrogens with one attached hydrogen (secondary N) is 2. The summed E-state index contributed by atoms with van der Waals surface area (Å²) in [7, 11) is 0. The van der Waals surface area contributed by atoms with Crippen molar-refractivity contribution in [2.75, 3.05) is 19.8 Å². The molecular weight excluding hydrogens is 200 g/mol. The zero-order chi connectivity index (χ0) is 11.3. The number of carboxylic acid groups (broad SMARTS) is 1. The number of hydrogen-bond donors (Lipinski definition) is 3. The molecule has 0 aliphatic carbocycles. The Morgan fingerprint density at radius 1 is 1.60 bits per heavy atom. The fraction of sp³-hybridized carbons (Fsp3) is 0.778. The zero-order valence-corrected chi connectivity index (χ0v) is 8.66. The number of hydrogen-bond acceptors (Lipinski definition) is 4. The van der Waals surface area contributed by atoms with E-state index in [1.54, 1.807) is 0 Å². The molecule has 0 saturated carbocycles. The van der Waals surface area contributed by atoms with E-state index in [-0.39, 0.29) is 18.5 Å². The molecular formula is C9H16N2O4. The summed E-state index contributed by atoms with van der Waals surface area (Å²) in [6.45, 7) is 2.83. The van der Waals surface area contributed by atoms with Gasteiger partial charge in [0.25, 0.3) is 0 Å². The van der Waals surface area contributed by atoms with Gasteiger partial charge < -0.3 is 20.5 Å². The van der Waals surface area contributed by atoms with Crippen LogP contribution in [0.2, 0.25) is 0 Å². The second-order valence-electron chi connectivity index (χ2n) is 3.56. The smallest absolute Gasteiger partial charge is 0.327 e. The lowest BCUT2D eigenvalue weighted by atomic mass is 10.2. The summed E-state index contributed by atoms with van der Waals surface area (Å²) >= 11 is 0. The Bertz CT molecular complexity index is 238. The van der Waals surface area contributed by atoms with Crippen molar-refractivity contribution in [3.05, 3.63) is 0 Å². The van der Waals surface area contributed by atoms with Crippen LogP contribution in [0.4, 0.5) is 0 Å². The summed E-state index contributed by atoms with van der Waals surface area (Å²) in [5.41, 5.74) is 0. The zero-order valence-electron chi connectivity index (χ0n) is 8.66. The highest BCUT2D eigenvalue weighted by atomic mass is 16.5. The molecule has 86 valence electrons. The summed E-state index contributed by atoms with van der Waals surface area (Å²) in [5.74, 6) is -1.37. The minimum absolute atomic E-state index is 0.195. The van der Waals surface area contributed by atoms with Gasteiger partial charge in [-0.05, 0) is 6.42 Å². The third kappa shape index (κ3) is 4.26. The fourth-order valence-electron chi connectivity index (χ4n) is 1.43. The third-order valence-electron chi connectivity index (χ3n) is 2.22. The molecule has 0 aromatic carbocycles. The SMILES string of the molecule is CC(=O)NC(CNC1CCOC1)C(=O)O. The molecule has 0 radical (unpaired) electrons. The lowest BCUT2D eigenvalue weighted by Gasteiger charge is -2.16. The first-order valence-corrected chi connectivity index (χ1v) is 4.90.